The Balaban J connectivity index is 1.71. The number of carbonyl (C=O) groups excluding carboxylic acids is 1. The van der Waals surface area contributed by atoms with Gasteiger partial charge in [0.05, 0.1) is 18.5 Å². The van der Waals surface area contributed by atoms with Crippen LogP contribution < -0.4 is 5.32 Å². The highest BCUT2D eigenvalue weighted by Gasteiger charge is 2.27. The molecule has 0 aliphatic heterocycles. The lowest BCUT2D eigenvalue weighted by Crippen LogP contribution is -2.38. The van der Waals surface area contributed by atoms with Crippen LogP contribution in [0.4, 0.5) is 4.39 Å². The summed E-state index contributed by atoms with van der Waals surface area (Å²) in [5, 5.41) is 12.9. The van der Waals surface area contributed by atoms with Crippen molar-refractivity contribution >= 4 is 5.91 Å². The third-order valence-electron chi connectivity index (χ3n) is 3.74. The molecule has 1 atom stereocenters. The molecule has 6 heteroatoms. The van der Waals surface area contributed by atoms with Crippen molar-refractivity contribution in [3.05, 3.63) is 78.3 Å². The Bertz CT molecular complexity index is 824. The smallest absolute Gasteiger partial charge is 0.251 e. The molecule has 0 saturated carbocycles. The first-order valence-corrected chi connectivity index (χ1v) is 7.45. The van der Waals surface area contributed by atoms with E-state index in [1.54, 1.807) is 41.2 Å². The van der Waals surface area contributed by atoms with E-state index >= 15 is 0 Å². The predicted octanol–water partition coefficient (Wildman–Crippen LogP) is 2.85. The fraction of sp³-hybridized carbons (Fsp3) is 0.167. The number of rotatable bonds is 5. The molecular weight excluding hydrogens is 311 g/mol. The first-order valence-electron chi connectivity index (χ1n) is 7.45. The normalized spacial score (nSPS) is 13.5. The van der Waals surface area contributed by atoms with Crippen molar-refractivity contribution in [2.24, 2.45) is 0 Å². The Kier molecular flexibility index (Phi) is 4.22. The predicted molar refractivity (Wildman–Crippen MR) is 86.3 cm³/mol. The molecule has 0 saturated heterocycles. The molecule has 0 bridgehead atoms. The highest BCUT2D eigenvalue weighted by Crippen LogP contribution is 2.20. The minimum absolute atomic E-state index is 0.0552. The Morgan fingerprint density at radius 3 is 2.67 bits per heavy atom. The van der Waals surface area contributed by atoms with Crippen LogP contribution in [0.15, 0.2) is 65.5 Å². The van der Waals surface area contributed by atoms with Gasteiger partial charge in [0.15, 0.2) is 0 Å². The summed E-state index contributed by atoms with van der Waals surface area (Å²) in [7, 11) is 0. The third-order valence-corrected chi connectivity index (χ3v) is 3.74. The van der Waals surface area contributed by atoms with E-state index in [4.69, 9.17) is 4.42 Å². The van der Waals surface area contributed by atoms with Crippen molar-refractivity contribution in [3.63, 3.8) is 0 Å². The lowest BCUT2D eigenvalue weighted by atomic mass is 10.0. The van der Waals surface area contributed by atoms with Gasteiger partial charge in [-0.3, -0.25) is 4.79 Å². The number of furan rings is 1. The van der Waals surface area contributed by atoms with Crippen molar-refractivity contribution < 1.29 is 18.7 Å². The second kappa shape index (κ2) is 6.33. The monoisotopic (exact) mass is 328 g/mol. The molecule has 5 nitrogen and oxygen atoms in total. The summed E-state index contributed by atoms with van der Waals surface area (Å²) in [5.41, 5.74) is -0.805. The first kappa shape index (κ1) is 16.0. The molecule has 2 heterocycles. The van der Waals surface area contributed by atoms with E-state index in [-0.39, 0.29) is 12.1 Å². The van der Waals surface area contributed by atoms with E-state index in [9.17, 15) is 14.3 Å². The molecule has 3 rings (SSSR count). The number of halogens is 1. The number of nitrogens with zero attached hydrogens (tertiary/aromatic N) is 1. The number of hydrogen-bond donors (Lipinski definition) is 2. The number of benzene rings is 1. The van der Waals surface area contributed by atoms with Crippen LogP contribution in [0, 0.1) is 5.82 Å². The molecule has 0 fully saturated rings. The molecule has 2 aromatic heterocycles. The Morgan fingerprint density at radius 2 is 2.04 bits per heavy atom. The van der Waals surface area contributed by atoms with Gasteiger partial charge in [0.1, 0.15) is 17.2 Å². The van der Waals surface area contributed by atoms with Gasteiger partial charge >= 0.3 is 0 Å². The number of hydrogen-bond acceptors (Lipinski definition) is 3. The van der Waals surface area contributed by atoms with Crippen molar-refractivity contribution in [3.8, 4) is 5.69 Å². The maximum absolute atomic E-state index is 14.2. The summed E-state index contributed by atoms with van der Waals surface area (Å²) in [6, 6.07) is 11.1. The van der Waals surface area contributed by atoms with Gasteiger partial charge in [-0.1, -0.05) is 0 Å². The number of amides is 1. The summed E-state index contributed by atoms with van der Waals surface area (Å²) in [6.45, 7) is 1.47. The average Bonchev–Trinajstić information content (AvgIpc) is 3.25. The molecule has 0 aliphatic rings. The maximum Gasteiger partial charge on any atom is 0.251 e. The molecule has 0 aliphatic carbocycles. The second-order valence-corrected chi connectivity index (χ2v) is 5.69. The van der Waals surface area contributed by atoms with Crippen LogP contribution in [0.5, 0.6) is 0 Å². The van der Waals surface area contributed by atoms with E-state index in [0.717, 1.165) is 0 Å². The van der Waals surface area contributed by atoms with E-state index in [0.29, 0.717) is 11.4 Å². The number of aliphatic hydroxyl groups is 1. The minimum atomic E-state index is -1.34. The zero-order chi connectivity index (χ0) is 17.2. The minimum Gasteiger partial charge on any atom is -0.466 e. The average molecular weight is 328 g/mol. The van der Waals surface area contributed by atoms with Gasteiger partial charge in [-0.15, -0.1) is 0 Å². The van der Waals surface area contributed by atoms with Crippen LogP contribution in [0.1, 0.15) is 23.0 Å². The van der Waals surface area contributed by atoms with Gasteiger partial charge in [0.2, 0.25) is 0 Å². The van der Waals surface area contributed by atoms with Crippen LogP contribution >= 0.6 is 0 Å². The van der Waals surface area contributed by atoms with Gasteiger partial charge in [0, 0.05) is 18.0 Å². The highest BCUT2D eigenvalue weighted by atomic mass is 19.1. The molecule has 0 radical (unpaired) electrons. The van der Waals surface area contributed by atoms with E-state index in [1.807, 2.05) is 0 Å². The summed E-state index contributed by atoms with van der Waals surface area (Å²) in [5.74, 6) is -0.631. The van der Waals surface area contributed by atoms with E-state index < -0.39 is 17.3 Å². The zero-order valence-electron chi connectivity index (χ0n) is 13.1. The van der Waals surface area contributed by atoms with Crippen LogP contribution in [0.3, 0.4) is 0 Å². The van der Waals surface area contributed by atoms with Gasteiger partial charge in [-0.25, -0.2) is 4.39 Å². The molecule has 1 amide bonds. The molecular formula is C18H17FN2O3. The molecule has 24 heavy (non-hydrogen) atoms. The van der Waals surface area contributed by atoms with Crippen LogP contribution in [-0.2, 0) is 5.60 Å². The highest BCUT2D eigenvalue weighted by molar-refractivity contribution is 5.94. The number of aromatic nitrogens is 1. The third kappa shape index (κ3) is 3.23. The van der Waals surface area contributed by atoms with Crippen molar-refractivity contribution in [1.82, 2.24) is 9.88 Å². The quantitative estimate of drug-likeness (QED) is 0.757. The molecule has 124 valence electrons. The van der Waals surface area contributed by atoms with Gasteiger partial charge in [-0.2, -0.15) is 0 Å². The fourth-order valence-electron chi connectivity index (χ4n) is 2.38. The summed E-state index contributed by atoms with van der Waals surface area (Å²) >= 11 is 0. The van der Waals surface area contributed by atoms with Gasteiger partial charge < -0.3 is 19.4 Å². The Labute approximate surface area is 138 Å². The molecule has 1 unspecified atom stereocenters. The summed E-state index contributed by atoms with van der Waals surface area (Å²) in [6.07, 6.45) is 4.89. The molecule has 0 spiro atoms. The Morgan fingerprint density at radius 1 is 1.29 bits per heavy atom. The van der Waals surface area contributed by atoms with Gasteiger partial charge in [-0.05, 0) is 49.4 Å². The largest absolute Gasteiger partial charge is 0.466 e. The van der Waals surface area contributed by atoms with E-state index in [2.05, 4.69) is 5.32 Å². The number of nitrogens with one attached hydrogen (secondary N) is 1. The topological polar surface area (TPSA) is 67.4 Å². The Hall–Kier alpha value is -2.86. The standard InChI is InChI=1S/C18H17FN2O3/c1-18(23,16-5-4-10-24-16)12-20-17(22)13-6-7-15(14(19)11-13)21-8-2-3-9-21/h2-11,23H,12H2,1H3,(H,20,22). The lowest BCUT2D eigenvalue weighted by Gasteiger charge is -2.21. The molecule has 1 aromatic carbocycles. The number of carbonyl (C=O) groups is 1. The zero-order valence-corrected chi connectivity index (χ0v) is 13.1. The van der Waals surface area contributed by atoms with Crippen molar-refractivity contribution in [1.29, 1.82) is 0 Å². The molecule has 2 N–H and O–H groups in total. The fourth-order valence-corrected chi connectivity index (χ4v) is 2.38. The van der Waals surface area contributed by atoms with Crippen molar-refractivity contribution in [2.45, 2.75) is 12.5 Å². The molecule has 3 aromatic rings. The lowest BCUT2D eigenvalue weighted by molar-refractivity contribution is 0.0330. The van der Waals surface area contributed by atoms with Crippen LogP contribution in [0.25, 0.3) is 5.69 Å². The maximum atomic E-state index is 14.2. The van der Waals surface area contributed by atoms with Crippen LogP contribution in [-0.4, -0.2) is 22.1 Å². The second-order valence-electron chi connectivity index (χ2n) is 5.69. The summed E-state index contributed by atoms with van der Waals surface area (Å²) < 4.78 is 21.0. The van der Waals surface area contributed by atoms with Crippen LogP contribution in [0.2, 0.25) is 0 Å². The SMILES string of the molecule is CC(O)(CNC(=O)c1ccc(-n2cccc2)c(F)c1)c1ccco1. The van der Waals surface area contributed by atoms with Gasteiger partial charge in [0.25, 0.3) is 5.91 Å². The summed E-state index contributed by atoms with van der Waals surface area (Å²) in [4.78, 5) is 12.2. The first-order chi connectivity index (χ1) is 11.5. The van der Waals surface area contributed by atoms with Crippen molar-refractivity contribution in [2.75, 3.05) is 6.54 Å². The van der Waals surface area contributed by atoms with E-state index in [1.165, 1.54) is 31.4 Å².